The van der Waals surface area contributed by atoms with Crippen molar-refractivity contribution in [2.45, 2.75) is 6.54 Å². The number of anilines is 1. The Morgan fingerprint density at radius 2 is 2.08 bits per heavy atom. The zero-order valence-corrected chi connectivity index (χ0v) is 13.8. The van der Waals surface area contributed by atoms with Crippen LogP contribution in [0.25, 0.3) is 0 Å². The Morgan fingerprint density at radius 1 is 1.38 bits per heavy atom. The van der Waals surface area contributed by atoms with E-state index in [4.69, 9.17) is 11.6 Å². The van der Waals surface area contributed by atoms with E-state index in [2.05, 4.69) is 5.32 Å². The highest BCUT2D eigenvalue weighted by molar-refractivity contribution is 6.31. The van der Waals surface area contributed by atoms with Gasteiger partial charge >= 0.3 is 0 Å². The molecule has 0 bridgehead atoms. The molecule has 8 heteroatoms. The molecule has 0 heterocycles. The third-order valence-electron chi connectivity index (χ3n) is 3.52. The standard InChI is InChI=1S/C16H15ClFN3O3/c1-19-15-7-6-10(21(23)24)8-11(15)16(22)20(2)9-12-13(17)4-3-5-14(12)18/h3-8,19H,9H2,1-2H3. The second-order valence-electron chi connectivity index (χ2n) is 5.10. The van der Waals surface area contributed by atoms with E-state index in [1.807, 2.05) is 0 Å². The van der Waals surface area contributed by atoms with Crippen molar-refractivity contribution < 1.29 is 14.1 Å². The minimum absolute atomic E-state index is 0.0593. The molecule has 0 saturated heterocycles. The fraction of sp³-hybridized carbons (Fsp3) is 0.188. The summed E-state index contributed by atoms with van der Waals surface area (Å²) in [5.74, 6) is -1.00. The molecule has 1 N–H and O–H groups in total. The van der Waals surface area contributed by atoms with Crippen LogP contribution in [0.1, 0.15) is 15.9 Å². The van der Waals surface area contributed by atoms with Gasteiger partial charge in [-0.2, -0.15) is 0 Å². The van der Waals surface area contributed by atoms with Crippen molar-refractivity contribution in [3.05, 3.63) is 68.5 Å². The summed E-state index contributed by atoms with van der Waals surface area (Å²) in [7, 11) is 3.08. The number of nitro benzene ring substituents is 1. The van der Waals surface area contributed by atoms with E-state index in [0.29, 0.717) is 5.69 Å². The van der Waals surface area contributed by atoms with Crippen molar-refractivity contribution >= 4 is 28.9 Å². The van der Waals surface area contributed by atoms with Crippen molar-refractivity contribution in [2.24, 2.45) is 0 Å². The van der Waals surface area contributed by atoms with Crippen molar-refractivity contribution in [1.29, 1.82) is 0 Å². The minimum atomic E-state index is -0.579. The molecule has 2 aromatic carbocycles. The lowest BCUT2D eigenvalue weighted by Gasteiger charge is -2.20. The highest BCUT2D eigenvalue weighted by atomic mass is 35.5. The molecule has 0 aliphatic heterocycles. The Morgan fingerprint density at radius 3 is 2.67 bits per heavy atom. The van der Waals surface area contributed by atoms with Crippen LogP contribution in [0.4, 0.5) is 15.8 Å². The number of carbonyl (C=O) groups excluding carboxylic acids is 1. The largest absolute Gasteiger partial charge is 0.387 e. The first-order valence-electron chi connectivity index (χ1n) is 6.99. The highest BCUT2D eigenvalue weighted by Gasteiger charge is 2.21. The third kappa shape index (κ3) is 3.62. The van der Waals surface area contributed by atoms with Crippen molar-refractivity contribution in [3.63, 3.8) is 0 Å². The van der Waals surface area contributed by atoms with Gasteiger partial charge in [-0.15, -0.1) is 0 Å². The van der Waals surface area contributed by atoms with E-state index < -0.39 is 16.6 Å². The Bertz CT molecular complexity index is 778. The maximum absolute atomic E-state index is 13.9. The number of carbonyl (C=O) groups is 1. The van der Waals surface area contributed by atoms with Crippen LogP contribution in [0.15, 0.2) is 36.4 Å². The zero-order valence-electron chi connectivity index (χ0n) is 13.0. The zero-order chi connectivity index (χ0) is 17.9. The summed E-state index contributed by atoms with van der Waals surface area (Å²) in [6, 6.07) is 8.21. The summed E-state index contributed by atoms with van der Waals surface area (Å²) < 4.78 is 13.9. The molecule has 24 heavy (non-hydrogen) atoms. The first kappa shape index (κ1) is 17.7. The molecule has 0 aliphatic rings. The van der Waals surface area contributed by atoms with E-state index in [9.17, 15) is 19.3 Å². The van der Waals surface area contributed by atoms with Crippen LogP contribution < -0.4 is 5.32 Å². The molecule has 0 unspecified atom stereocenters. The molecule has 0 fully saturated rings. The summed E-state index contributed by atoms with van der Waals surface area (Å²) in [6.07, 6.45) is 0. The van der Waals surface area contributed by atoms with Gasteiger partial charge in [0.25, 0.3) is 11.6 Å². The topological polar surface area (TPSA) is 75.5 Å². The summed E-state index contributed by atoms with van der Waals surface area (Å²) in [5.41, 5.74) is 0.555. The van der Waals surface area contributed by atoms with Crippen molar-refractivity contribution in [2.75, 3.05) is 19.4 Å². The van der Waals surface area contributed by atoms with Crippen LogP contribution in [0.3, 0.4) is 0 Å². The summed E-state index contributed by atoms with van der Waals surface area (Å²) in [6.45, 7) is -0.0593. The number of rotatable bonds is 5. The molecule has 2 aromatic rings. The molecule has 1 amide bonds. The second-order valence-corrected chi connectivity index (χ2v) is 5.51. The molecule has 0 aliphatic carbocycles. The fourth-order valence-corrected chi connectivity index (χ4v) is 2.46. The molecule has 6 nitrogen and oxygen atoms in total. The number of nitrogens with zero attached hydrogens (tertiary/aromatic N) is 2. The Hall–Kier alpha value is -2.67. The predicted octanol–water partition coefficient (Wildman–Crippen LogP) is 3.70. The quantitative estimate of drug-likeness (QED) is 0.658. The molecular formula is C16H15ClFN3O3. The normalized spacial score (nSPS) is 10.3. The van der Waals surface area contributed by atoms with Gasteiger partial charge in [0.1, 0.15) is 5.82 Å². The maximum atomic E-state index is 13.9. The Labute approximate surface area is 143 Å². The number of benzene rings is 2. The number of hydrogen-bond donors (Lipinski definition) is 1. The van der Waals surface area contributed by atoms with Gasteiger partial charge in [0, 0.05) is 49.0 Å². The van der Waals surface area contributed by atoms with E-state index in [0.717, 1.165) is 0 Å². The summed E-state index contributed by atoms with van der Waals surface area (Å²) >= 11 is 5.97. The fourth-order valence-electron chi connectivity index (χ4n) is 2.24. The highest BCUT2D eigenvalue weighted by Crippen LogP contribution is 2.25. The van der Waals surface area contributed by atoms with Crippen LogP contribution in [-0.4, -0.2) is 29.8 Å². The lowest BCUT2D eigenvalue weighted by molar-refractivity contribution is -0.384. The van der Waals surface area contributed by atoms with Gasteiger partial charge in [-0.3, -0.25) is 14.9 Å². The molecule has 0 radical (unpaired) electrons. The van der Waals surface area contributed by atoms with E-state index in [-0.39, 0.29) is 28.4 Å². The van der Waals surface area contributed by atoms with Crippen molar-refractivity contribution in [1.82, 2.24) is 4.90 Å². The maximum Gasteiger partial charge on any atom is 0.270 e. The lowest BCUT2D eigenvalue weighted by atomic mass is 10.1. The van der Waals surface area contributed by atoms with Crippen LogP contribution >= 0.6 is 11.6 Å². The molecule has 126 valence electrons. The van der Waals surface area contributed by atoms with Crippen LogP contribution in [0, 0.1) is 15.9 Å². The number of nitro groups is 1. The number of non-ortho nitro benzene ring substituents is 1. The molecular weight excluding hydrogens is 337 g/mol. The number of hydrogen-bond acceptors (Lipinski definition) is 4. The average Bonchev–Trinajstić information content (AvgIpc) is 2.56. The number of amides is 1. The second kappa shape index (κ2) is 7.27. The molecule has 0 aromatic heterocycles. The van der Waals surface area contributed by atoms with Gasteiger partial charge in [-0.05, 0) is 18.2 Å². The smallest absolute Gasteiger partial charge is 0.270 e. The monoisotopic (exact) mass is 351 g/mol. The molecule has 0 spiro atoms. The average molecular weight is 352 g/mol. The molecule has 2 rings (SSSR count). The molecule has 0 saturated carbocycles. The van der Waals surface area contributed by atoms with Gasteiger partial charge in [0.05, 0.1) is 10.5 Å². The van der Waals surface area contributed by atoms with E-state index in [1.165, 1.54) is 48.3 Å². The first-order chi connectivity index (χ1) is 11.3. The van der Waals surface area contributed by atoms with Gasteiger partial charge < -0.3 is 10.2 Å². The van der Waals surface area contributed by atoms with Gasteiger partial charge in [0.15, 0.2) is 0 Å². The summed E-state index contributed by atoms with van der Waals surface area (Å²) in [5, 5.41) is 13.9. The number of halogens is 2. The minimum Gasteiger partial charge on any atom is -0.387 e. The molecule has 0 atom stereocenters. The predicted molar refractivity (Wildman–Crippen MR) is 89.9 cm³/mol. The van der Waals surface area contributed by atoms with E-state index >= 15 is 0 Å². The van der Waals surface area contributed by atoms with Crippen LogP contribution in [0.5, 0.6) is 0 Å². The number of nitrogens with one attached hydrogen (secondary N) is 1. The summed E-state index contributed by atoms with van der Waals surface area (Å²) in [4.78, 5) is 24.2. The van der Waals surface area contributed by atoms with Crippen molar-refractivity contribution in [3.8, 4) is 0 Å². The van der Waals surface area contributed by atoms with Crippen LogP contribution in [0.2, 0.25) is 5.02 Å². The van der Waals surface area contributed by atoms with Gasteiger partial charge in [-0.25, -0.2) is 4.39 Å². The van der Waals surface area contributed by atoms with E-state index in [1.54, 1.807) is 7.05 Å². The Kier molecular flexibility index (Phi) is 5.35. The van der Waals surface area contributed by atoms with Gasteiger partial charge in [0.2, 0.25) is 0 Å². The lowest BCUT2D eigenvalue weighted by Crippen LogP contribution is -2.27. The third-order valence-corrected chi connectivity index (χ3v) is 3.87. The first-order valence-corrected chi connectivity index (χ1v) is 7.37. The van der Waals surface area contributed by atoms with Crippen LogP contribution in [-0.2, 0) is 6.54 Å². The van der Waals surface area contributed by atoms with Gasteiger partial charge in [-0.1, -0.05) is 17.7 Å². The Balaban J connectivity index is 2.34. The SMILES string of the molecule is CNc1ccc([N+](=O)[O-])cc1C(=O)N(C)Cc1c(F)cccc1Cl.